The van der Waals surface area contributed by atoms with Gasteiger partial charge in [0.15, 0.2) is 5.13 Å². The van der Waals surface area contributed by atoms with Crippen LogP contribution in [0.3, 0.4) is 0 Å². The largest absolute Gasteiger partial charge is 0.322 e. The molecule has 0 saturated heterocycles. The highest BCUT2D eigenvalue weighted by molar-refractivity contribution is 7.14. The number of aryl methyl sites for hydroxylation is 2. The standard InChI is InChI=1S/C13H15N3OS/c1-8-3-4-10(5-9(8)2)11-7-18-13(15-11)16-12(17)6-14/h3-5,7H,6,14H2,1-2H3,(H,15,16,17). The van der Waals surface area contributed by atoms with Gasteiger partial charge >= 0.3 is 0 Å². The van der Waals surface area contributed by atoms with Gasteiger partial charge in [-0.3, -0.25) is 4.79 Å². The third-order valence-electron chi connectivity index (χ3n) is 2.74. The average molecular weight is 261 g/mol. The molecule has 0 atom stereocenters. The van der Waals surface area contributed by atoms with Crippen LogP contribution in [0.15, 0.2) is 23.6 Å². The molecule has 2 rings (SSSR count). The van der Waals surface area contributed by atoms with E-state index in [1.807, 2.05) is 11.4 Å². The van der Waals surface area contributed by atoms with Gasteiger partial charge in [-0.25, -0.2) is 4.98 Å². The lowest BCUT2D eigenvalue weighted by Gasteiger charge is -2.02. The molecule has 3 N–H and O–H groups in total. The predicted molar refractivity (Wildman–Crippen MR) is 74.7 cm³/mol. The maximum Gasteiger partial charge on any atom is 0.239 e. The highest BCUT2D eigenvalue weighted by Crippen LogP contribution is 2.26. The Balaban J connectivity index is 2.23. The fraction of sp³-hybridized carbons (Fsp3) is 0.231. The van der Waals surface area contributed by atoms with Gasteiger partial charge in [-0.15, -0.1) is 11.3 Å². The van der Waals surface area contributed by atoms with Crippen molar-refractivity contribution in [1.29, 1.82) is 0 Å². The summed E-state index contributed by atoms with van der Waals surface area (Å²) in [7, 11) is 0. The number of nitrogens with two attached hydrogens (primary N) is 1. The van der Waals surface area contributed by atoms with Gasteiger partial charge in [0.05, 0.1) is 12.2 Å². The van der Waals surface area contributed by atoms with Gasteiger partial charge in [-0.05, 0) is 31.0 Å². The summed E-state index contributed by atoms with van der Waals surface area (Å²) in [6, 6.07) is 6.20. The Kier molecular flexibility index (Phi) is 3.74. The summed E-state index contributed by atoms with van der Waals surface area (Å²) in [6.45, 7) is 4.12. The van der Waals surface area contributed by atoms with Crippen molar-refractivity contribution < 1.29 is 4.79 Å². The number of carbonyl (C=O) groups excluding carboxylic acids is 1. The summed E-state index contributed by atoms with van der Waals surface area (Å²) >= 11 is 1.40. The first kappa shape index (κ1) is 12.7. The number of amides is 1. The van der Waals surface area contributed by atoms with Gasteiger partial charge in [0, 0.05) is 10.9 Å². The quantitative estimate of drug-likeness (QED) is 0.891. The Labute approximate surface area is 110 Å². The molecule has 1 aromatic carbocycles. The molecule has 0 fully saturated rings. The zero-order valence-corrected chi connectivity index (χ0v) is 11.2. The summed E-state index contributed by atoms with van der Waals surface area (Å²) < 4.78 is 0. The zero-order valence-electron chi connectivity index (χ0n) is 10.4. The van der Waals surface area contributed by atoms with Crippen molar-refractivity contribution in [1.82, 2.24) is 4.98 Å². The molecule has 1 amide bonds. The molecule has 0 aliphatic heterocycles. The molecule has 2 aromatic rings. The van der Waals surface area contributed by atoms with E-state index >= 15 is 0 Å². The van der Waals surface area contributed by atoms with Crippen LogP contribution in [0, 0.1) is 13.8 Å². The van der Waals surface area contributed by atoms with E-state index in [-0.39, 0.29) is 12.5 Å². The SMILES string of the molecule is Cc1ccc(-c2csc(NC(=O)CN)n2)cc1C. The fourth-order valence-corrected chi connectivity index (χ4v) is 2.27. The second-order valence-corrected chi connectivity index (χ2v) is 4.95. The first-order valence-electron chi connectivity index (χ1n) is 5.63. The van der Waals surface area contributed by atoms with Crippen molar-refractivity contribution >= 4 is 22.4 Å². The van der Waals surface area contributed by atoms with Crippen LogP contribution < -0.4 is 11.1 Å². The van der Waals surface area contributed by atoms with Crippen LogP contribution in [-0.4, -0.2) is 17.4 Å². The summed E-state index contributed by atoms with van der Waals surface area (Å²) in [4.78, 5) is 15.5. The zero-order chi connectivity index (χ0) is 13.1. The predicted octanol–water partition coefficient (Wildman–Crippen LogP) is 2.32. The van der Waals surface area contributed by atoms with Crippen molar-refractivity contribution in [2.75, 3.05) is 11.9 Å². The van der Waals surface area contributed by atoms with E-state index in [2.05, 4.69) is 36.3 Å². The highest BCUT2D eigenvalue weighted by atomic mass is 32.1. The molecule has 5 heteroatoms. The number of benzene rings is 1. The van der Waals surface area contributed by atoms with Crippen molar-refractivity contribution in [3.8, 4) is 11.3 Å². The number of carbonyl (C=O) groups is 1. The molecule has 0 radical (unpaired) electrons. The number of rotatable bonds is 3. The molecular formula is C13H15N3OS. The minimum absolute atomic E-state index is 0.0292. The monoisotopic (exact) mass is 261 g/mol. The maximum atomic E-state index is 11.2. The fourth-order valence-electron chi connectivity index (χ4n) is 1.53. The molecule has 0 unspecified atom stereocenters. The number of thiazole rings is 1. The minimum atomic E-state index is -0.226. The first-order valence-corrected chi connectivity index (χ1v) is 6.51. The van der Waals surface area contributed by atoms with Crippen LogP contribution in [0.2, 0.25) is 0 Å². The molecule has 94 valence electrons. The molecule has 1 heterocycles. The van der Waals surface area contributed by atoms with Crippen LogP contribution in [0.25, 0.3) is 11.3 Å². The Morgan fingerprint density at radius 1 is 1.39 bits per heavy atom. The van der Waals surface area contributed by atoms with Crippen LogP contribution in [0.4, 0.5) is 5.13 Å². The first-order chi connectivity index (χ1) is 8.60. The molecule has 4 nitrogen and oxygen atoms in total. The van der Waals surface area contributed by atoms with Crippen LogP contribution >= 0.6 is 11.3 Å². The van der Waals surface area contributed by atoms with Gasteiger partial charge in [-0.2, -0.15) is 0 Å². The molecule has 1 aromatic heterocycles. The Morgan fingerprint density at radius 2 is 2.17 bits per heavy atom. The van der Waals surface area contributed by atoms with Crippen LogP contribution in [0.1, 0.15) is 11.1 Å². The lowest BCUT2D eigenvalue weighted by Crippen LogP contribution is -2.21. The van der Waals surface area contributed by atoms with Crippen molar-refractivity contribution in [2.24, 2.45) is 5.73 Å². The minimum Gasteiger partial charge on any atom is -0.322 e. The molecule has 0 aliphatic rings. The Bertz CT molecular complexity index is 577. The molecule has 0 bridgehead atoms. The second kappa shape index (κ2) is 5.29. The van der Waals surface area contributed by atoms with Crippen LogP contribution in [-0.2, 0) is 4.79 Å². The number of anilines is 1. The average Bonchev–Trinajstić information content (AvgIpc) is 2.81. The van der Waals surface area contributed by atoms with Gasteiger partial charge in [-0.1, -0.05) is 12.1 Å². The third-order valence-corrected chi connectivity index (χ3v) is 3.50. The summed E-state index contributed by atoms with van der Waals surface area (Å²) in [5, 5.41) is 5.16. The lowest BCUT2D eigenvalue weighted by molar-refractivity contribution is -0.114. The highest BCUT2D eigenvalue weighted by Gasteiger charge is 2.07. The third kappa shape index (κ3) is 2.75. The van der Waals surface area contributed by atoms with Crippen molar-refractivity contribution in [3.05, 3.63) is 34.7 Å². The molecule has 0 saturated carbocycles. The van der Waals surface area contributed by atoms with Crippen molar-refractivity contribution in [3.63, 3.8) is 0 Å². The second-order valence-electron chi connectivity index (χ2n) is 4.09. The van der Waals surface area contributed by atoms with Gasteiger partial charge in [0.1, 0.15) is 0 Å². The summed E-state index contributed by atoms with van der Waals surface area (Å²) in [5.41, 5.74) is 9.65. The van der Waals surface area contributed by atoms with Gasteiger partial charge in [0.2, 0.25) is 5.91 Å². The van der Waals surface area contributed by atoms with E-state index in [4.69, 9.17) is 5.73 Å². The summed E-state index contributed by atoms with van der Waals surface area (Å²) in [5.74, 6) is -0.226. The van der Waals surface area contributed by atoms with E-state index in [0.29, 0.717) is 5.13 Å². The number of nitrogens with one attached hydrogen (secondary N) is 1. The van der Waals surface area contributed by atoms with E-state index in [1.165, 1.54) is 22.5 Å². The Hall–Kier alpha value is -1.72. The maximum absolute atomic E-state index is 11.2. The van der Waals surface area contributed by atoms with Gasteiger partial charge in [0.25, 0.3) is 0 Å². The lowest BCUT2D eigenvalue weighted by atomic mass is 10.1. The number of hydrogen-bond donors (Lipinski definition) is 2. The topological polar surface area (TPSA) is 68.0 Å². The molecular weight excluding hydrogens is 246 g/mol. The molecule has 0 aliphatic carbocycles. The number of nitrogens with zero attached hydrogens (tertiary/aromatic N) is 1. The van der Waals surface area contributed by atoms with Crippen LogP contribution in [0.5, 0.6) is 0 Å². The summed E-state index contributed by atoms with van der Waals surface area (Å²) in [6.07, 6.45) is 0. The van der Waals surface area contributed by atoms with E-state index < -0.39 is 0 Å². The van der Waals surface area contributed by atoms with Gasteiger partial charge < -0.3 is 11.1 Å². The molecule has 18 heavy (non-hydrogen) atoms. The van der Waals surface area contributed by atoms with E-state index in [9.17, 15) is 4.79 Å². The molecule has 0 spiro atoms. The van der Waals surface area contributed by atoms with E-state index in [0.717, 1.165) is 11.3 Å². The normalized spacial score (nSPS) is 10.4. The smallest absolute Gasteiger partial charge is 0.239 e. The van der Waals surface area contributed by atoms with Crippen molar-refractivity contribution in [2.45, 2.75) is 13.8 Å². The number of aromatic nitrogens is 1. The number of hydrogen-bond acceptors (Lipinski definition) is 4. The Morgan fingerprint density at radius 3 is 2.83 bits per heavy atom. The van der Waals surface area contributed by atoms with E-state index in [1.54, 1.807) is 0 Å².